The summed E-state index contributed by atoms with van der Waals surface area (Å²) < 4.78 is 10.8. The number of hydrogen-bond donors (Lipinski definition) is 3. The Balaban J connectivity index is 1.79. The lowest BCUT2D eigenvalue weighted by Crippen LogP contribution is -2.48. The van der Waals surface area contributed by atoms with Crippen LogP contribution < -0.4 is 27.1 Å². The lowest BCUT2D eigenvalue weighted by molar-refractivity contribution is -0.308. The average molecular weight is 428 g/mol. The molecule has 0 unspecified atom stereocenters. The summed E-state index contributed by atoms with van der Waals surface area (Å²) in [5.41, 5.74) is 6.81. The van der Waals surface area contributed by atoms with Crippen LogP contribution in [-0.4, -0.2) is 30.5 Å². The first-order chi connectivity index (χ1) is 14.7. The van der Waals surface area contributed by atoms with Gasteiger partial charge in [-0.3, -0.25) is 4.79 Å². The molecule has 10 heteroatoms. The Kier molecular flexibility index (Phi) is 6.28. The highest BCUT2D eigenvalue weighted by molar-refractivity contribution is 5.96. The van der Waals surface area contributed by atoms with Crippen LogP contribution in [0.3, 0.4) is 0 Å². The zero-order valence-corrected chi connectivity index (χ0v) is 17.1. The molecule has 0 saturated carbocycles. The van der Waals surface area contributed by atoms with Crippen molar-refractivity contribution in [3.05, 3.63) is 45.5 Å². The third-order valence-electron chi connectivity index (χ3n) is 5.10. The number of furan rings is 1. The Hall–Kier alpha value is -3.82. The van der Waals surface area contributed by atoms with Crippen molar-refractivity contribution in [3.63, 3.8) is 0 Å². The first kappa shape index (κ1) is 21.9. The molecule has 4 N–H and O–H groups in total. The Morgan fingerprint density at radius 2 is 1.90 bits per heavy atom. The van der Waals surface area contributed by atoms with Crippen LogP contribution in [0, 0.1) is 13.8 Å². The number of aryl methyl sites for hydroxylation is 2. The number of nitrogens with two attached hydrogens (primary N) is 1. The molecule has 0 aliphatic heterocycles. The van der Waals surface area contributed by atoms with E-state index >= 15 is 0 Å². The van der Waals surface area contributed by atoms with Crippen LogP contribution in [0.1, 0.15) is 29.5 Å². The number of hydrogen-bond acceptors (Lipinski definition) is 7. The van der Waals surface area contributed by atoms with Gasteiger partial charge in [0.1, 0.15) is 11.2 Å². The molecule has 0 radical (unpaired) electrons. The first-order valence-electron chi connectivity index (χ1n) is 9.65. The van der Waals surface area contributed by atoms with Gasteiger partial charge in [0.2, 0.25) is 5.91 Å². The van der Waals surface area contributed by atoms with E-state index in [1.54, 1.807) is 19.3 Å². The molecule has 0 saturated heterocycles. The minimum Gasteiger partial charge on any atom is -0.548 e. The summed E-state index contributed by atoms with van der Waals surface area (Å²) in [7, 11) is 0. The van der Waals surface area contributed by atoms with E-state index in [4.69, 9.17) is 14.6 Å². The highest BCUT2D eigenvalue weighted by atomic mass is 16.4. The normalized spacial score (nSPS) is 12.1. The number of carboxylic acid groups (broad SMARTS) is 1. The number of carbonyl (C=O) groups excluding carboxylic acids is 3. The largest absolute Gasteiger partial charge is 0.548 e. The van der Waals surface area contributed by atoms with Crippen molar-refractivity contribution in [2.24, 2.45) is 5.73 Å². The Bertz CT molecular complexity index is 1230. The highest BCUT2D eigenvalue weighted by Crippen LogP contribution is 2.28. The van der Waals surface area contributed by atoms with E-state index in [0.29, 0.717) is 22.1 Å². The standard InChI is InChI=1S/C21H23N3O7/c1-10-9-30-16-8-17-13(6-12(10)16)11(2)14(20(28)31-17)7-18(25)24-15(19(26)27)4-3-5-23-21(22)29/h6,8-9,15H,3-5,7H2,1-2H3,(H,24,25)(H,26,27)(H3,22,23,29)/p-1/t15-/m0/s1. The van der Waals surface area contributed by atoms with Gasteiger partial charge >= 0.3 is 11.7 Å². The molecule has 0 aliphatic carbocycles. The zero-order chi connectivity index (χ0) is 22.7. The predicted molar refractivity (Wildman–Crippen MR) is 109 cm³/mol. The minimum absolute atomic E-state index is 0.0252. The number of rotatable bonds is 8. The van der Waals surface area contributed by atoms with Gasteiger partial charge in [0, 0.05) is 23.4 Å². The lowest BCUT2D eigenvalue weighted by Gasteiger charge is -2.20. The Morgan fingerprint density at radius 1 is 1.16 bits per heavy atom. The van der Waals surface area contributed by atoms with Gasteiger partial charge in [-0.2, -0.15) is 0 Å². The quantitative estimate of drug-likeness (QED) is 0.344. The average Bonchev–Trinajstić information content (AvgIpc) is 3.05. The molecular formula is C21H22N3O7-. The van der Waals surface area contributed by atoms with Gasteiger partial charge < -0.3 is 35.1 Å². The summed E-state index contributed by atoms with van der Waals surface area (Å²) in [5.74, 6) is -2.13. The number of fused-ring (bicyclic) bond motifs is 2. The van der Waals surface area contributed by atoms with Gasteiger partial charge in [-0.25, -0.2) is 9.59 Å². The van der Waals surface area contributed by atoms with Crippen molar-refractivity contribution in [1.82, 2.24) is 10.6 Å². The molecule has 2 aromatic heterocycles. The summed E-state index contributed by atoms with van der Waals surface area (Å²) in [4.78, 5) is 46.9. The number of urea groups is 1. The molecule has 3 amide bonds. The molecule has 0 fully saturated rings. The first-order valence-corrected chi connectivity index (χ1v) is 9.65. The van der Waals surface area contributed by atoms with E-state index < -0.39 is 29.6 Å². The Morgan fingerprint density at radius 3 is 2.58 bits per heavy atom. The number of benzene rings is 1. The van der Waals surface area contributed by atoms with Gasteiger partial charge in [0.15, 0.2) is 0 Å². The number of carboxylic acids is 1. The van der Waals surface area contributed by atoms with Crippen LogP contribution in [0.5, 0.6) is 0 Å². The maximum absolute atomic E-state index is 12.5. The van der Waals surface area contributed by atoms with Crippen LogP contribution in [-0.2, 0) is 16.0 Å². The molecule has 1 atom stereocenters. The fourth-order valence-corrected chi connectivity index (χ4v) is 3.41. The highest BCUT2D eigenvalue weighted by Gasteiger charge is 2.19. The summed E-state index contributed by atoms with van der Waals surface area (Å²) >= 11 is 0. The molecule has 3 rings (SSSR count). The fraction of sp³-hybridized carbons (Fsp3) is 0.333. The maximum atomic E-state index is 12.5. The minimum atomic E-state index is -1.47. The molecular weight excluding hydrogens is 406 g/mol. The molecule has 164 valence electrons. The number of primary amides is 1. The van der Waals surface area contributed by atoms with E-state index in [2.05, 4.69) is 10.6 Å². The summed E-state index contributed by atoms with van der Waals surface area (Å²) in [6.07, 6.45) is 1.54. The molecule has 10 nitrogen and oxygen atoms in total. The van der Waals surface area contributed by atoms with Crippen molar-refractivity contribution in [1.29, 1.82) is 0 Å². The van der Waals surface area contributed by atoms with Gasteiger partial charge in [-0.15, -0.1) is 0 Å². The monoisotopic (exact) mass is 428 g/mol. The van der Waals surface area contributed by atoms with Crippen LogP contribution in [0.25, 0.3) is 21.9 Å². The predicted octanol–water partition coefficient (Wildman–Crippen LogP) is 0.382. The second-order valence-electron chi connectivity index (χ2n) is 7.31. The summed E-state index contributed by atoms with van der Waals surface area (Å²) in [6.45, 7) is 3.75. The molecule has 3 aromatic rings. The third-order valence-corrected chi connectivity index (χ3v) is 5.10. The number of amides is 3. The van der Waals surface area contributed by atoms with Gasteiger partial charge in [-0.05, 0) is 43.9 Å². The fourth-order valence-electron chi connectivity index (χ4n) is 3.41. The van der Waals surface area contributed by atoms with Gasteiger partial charge in [0.05, 0.1) is 30.3 Å². The smallest absolute Gasteiger partial charge is 0.340 e. The van der Waals surface area contributed by atoms with Crippen LogP contribution >= 0.6 is 0 Å². The molecule has 0 bridgehead atoms. The van der Waals surface area contributed by atoms with E-state index in [1.807, 2.05) is 13.0 Å². The van der Waals surface area contributed by atoms with Crippen LogP contribution in [0.4, 0.5) is 4.79 Å². The van der Waals surface area contributed by atoms with Crippen molar-refractivity contribution < 1.29 is 28.3 Å². The van der Waals surface area contributed by atoms with Crippen molar-refractivity contribution in [2.75, 3.05) is 6.54 Å². The molecule has 0 spiro atoms. The molecule has 2 heterocycles. The van der Waals surface area contributed by atoms with Gasteiger partial charge in [-0.1, -0.05) is 0 Å². The van der Waals surface area contributed by atoms with Crippen molar-refractivity contribution >= 4 is 39.8 Å². The zero-order valence-electron chi connectivity index (χ0n) is 17.1. The number of nitrogens with one attached hydrogen (secondary N) is 2. The SMILES string of the molecule is Cc1coc2cc3oc(=O)c(CC(=O)N[C@@H](CCCNC(N)=O)C(=O)[O-])c(C)c3cc12. The van der Waals surface area contributed by atoms with E-state index in [0.717, 1.165) is 10.9 Å². The molecule has 0 aliphatic rings. The number of carbonyl (C=O) groups is 3. The topological polar surface area (TPSA) is 168 Å². The van der Waals surface area contributed by atoms with Crippen molar-refractivity contribution in [2.45, 2.75) is 39.2 Å². The van der Waals surface area contributed by atoms with Crippen LogP contribution in [0.2, 0.25) is 0 Å². The molecule has 31 heavy (non-hydrogen) atoms. The number of aliphatic carboxylic acids is 1. The molecule has 1 aromatic carbocycles. The van der Waals surface area contributed by atoms with Crippen LogP contribution in [0.15, 0.2) is 32.0 Å². The van der Waals surface area contributed by atoms with E-state index in [9.17, 15) is 24.3 Å². The van der Waals surface area contributed by atoms with Gasteiger partial charge in [0.25, 0.3) is 0 Å². The Labute approximate surface area is 176 Å². The van der Waals surface area contributed by atoms with E-state index in [1.165, 1.54) is 0 Å². The summed E-state index contributed by atoms with van der Waals surface area (Å²) in [6, 6.07) is 1.46. The van der Waals surface area contributed by atoms with E-state index in [-0.39, 0.29) is 31.4 Å². The van der Waals surface area contributed by atoms with Crippen molar-refractivity contribution in [3.8, 4) is 0 Å². The third kappa shape index (κ3) is 4.85. The second kappa shape index (κ2) is 8.90. The lowest BCUT2D eigenvalue weighted by atomic mass is 10.0. The maximum Gasteiger partial charge on any atom is 0.340 e. The second-order valence-corrected chi connectivity index (χ2v) is 7.31. The summed E-state index contributed by atoms with van der Waals surface area (Å²) in [5, 5.41) is 17.5.